The van der Waals surface area contributed by atoms with Crippen molar-refractivity contribution in [3.05, 3.63) is 46.0 Å². The van der Waals surface area contributed by atoms with Crippen molar-refractivity contribution in [2.75, 3.05) is 13.7 Å². The molecule has 16 heavy (non-hydrogen) atoms. The Bertz CT molecular complexity index is 443. The molecule has 5 heteroatoms. The van der Waals surface area contributed by atoms with Crippen molar-refractivity contribution in [2.24, 2.45) is 0 Å². The molecule has 1 aromatic rings. The van der Waals surface area contributed by atoms with Gasteiger partial charge in [0.05, 0.1) is 18.1 Å². The van der Waals surface area contributed by atoms with Crippen LogP contribution in [0.2, 0.25) is 0 Å². The van der Waals surface area contributed by atoms with Crippen LogP contribution in [0.5, 0.6) is 5.75 Å². The maximum absolute atomic E-state index is 10.7. The van der Waals surface area contributed by atoms with E-state index in [1.165, 1.54) is 13.2 Å². The van der Waals surface area contributed by atoms with E-state index in [2.05, 4.69) is 5.32 Å². The van der Waals surface area contributed by atoms with Crippen LogP contribution in [-0.4, -0.2) is 18.6 Å². The molecule has 0 radical (unpaired) electrons. The molecule has 0 saturated carbocycles. The fourth-order valence-corrected chi connectivity index (χ4v) is 1.73. The van der Waals surface area contributed by atoms with Gasteiger partial charge in [0.25, 0.3) is 0 Å². The molecule has 5 nitrogen and oxygen atoms in total. The first kappa shape index (κ1) is 10.6. The maximum Gasteiger partial charge on any atom is 0.310 e. The Hall–Kier alpha value is -1.88. The van der Waals surface area contributed by atoms with Gasteiger partial charge in [-0.2, -0.15) is 0 Å². The van der Waals surface area contributed by atoms with Crippen molar-refractivity contribution in [1.29, 1.82) is 0 Å². The second-order valence-corrected chi connectivity index (χ2v) is 3.50. The molecular formula is C11H12N2O3. The number of nitro groups is 1. The Morgan fingerprint density at radius 1 is 1.56 bits per heavy atom. The van der Waals surface area contributed by atoms with E-state index in [1.54, 1.807) is 12.1 Å². The Morgan fingerprint density at radius 2 is 2.38 bits per heavy atom. The van der Waals surface area contributed by atoms with Gasteiger partial charge in [0.15, 0.2) is 5.75 Å². The van der Waals surface area contributed by atoms with Gasteiger partial charge in [-0.3, -0.25) is 10.1 Å². The molecule has 1 aliphatic heterocycles. The van der Waals surface area contributed by atoms with E-state index in [4.69, 9.17) is 4.74 Å². The molecule has 0 amide bonds. The van der Waals surface area contributed by atoms with Crippen LogP contribution in [0.15, 0.2) is 30.4 Å². The first-order valence-electron chi connectivity index (χ1n) is 4.94. The minimum atomic E-state index is -0.444. The molecule has 0 aliphatic carbocycles. The van der Waals surface area contributed by atoms with Gasteiger partial charge in [0.1, 0.15) is 0 Å². The number of benzene rings is 1. The zero-order valence-electron chi connectivity index (χ0n) is 8.84. The Balaban J connectivity index is 2.36. The number of nitro benzene ring substituents is 1. The lowest BCUT2D eigenvalue weighted by Gasteiger charge is -2.10. The largest absolute Gasteiger partial charge is 0.490 e. The van der Waals surface area contributed by atoms with Gasteiger partial charge in [-0.1, -0.05) is 18.2 Å². The normalized spacial score (nSPS) is 18.7. The Labute approximate surface area is 92.9 Å². The van der Waals surface area contributed by atoms with E-state index in [-0.39, 0.29) is 11.7 Å². The number of hydrogen-bond donors (Lipinski definition) is 1. The standard InChI is InChI=1S/C11H12N2O3/c1-16-11-7-8(9-3-2-6-12-9)4-5-10(11)13(14)15/h2-5,7,9,12H,6H2,1H3. The number of ether oxygens (including phenoxy) is 1. The third-order valence-corrected chi connectivity index (χ3v) is 2.54. The topological polar surface area (TPSA) is 64.4 Å². The Kier molecular flexibility index (Phi) is 2.87. The van der Waals surface area contributed by atoms with Gasteiger partial charge in [-0.05, 0) is 11.6 Å². The number of rotatable bonds is 3. The molecule has 2 rings (SSSR count). The van der Waals surface area contributed by atoms with Gasteiger partial charge in [-0.25, -0.2) is 0 Å². The maximum atomic E-state index is 10.7. The van der Waals surface area contributed by atoms with Crippen LogP contribution in [0, 0.1) is 10.1 Å². The van der Waals surface area contributed by atoms with Crippen LogP contribution in [0.25, 0.3) is 0 Å². The van der Waals surface area contributed by atoms with E-state index in [9.17, 15) is 10.1 Å². The summed E-state index contributed by atoms with van der Waals surface area (Å²) in [5.41, 5.74) is 0.962. The van der Waals surface area contributed by atoms with E-state index in [0.29, 0.717) is 5.75 Å². The summed E-state index contributed by atoms with van der Waals surface area (Å²) < 4.78 is 5.01. The SMILES string of the molecule is COc1cc(C2C=CCN2)ccc1[N+](=O)[O-]. The first-order valence-corrected chi connectivity index (χ1v) is 4.94. The zero-order valence-corrected chi connectivity index (χ0v) is 8.84. The molecule has 0 spiro atoms. The first-order chi connectivity index (χ1) is 7.72. The summed E-state index contributed by atoms with van der Waals surface area (Å²) in [5, 5.41) is 13.9. The lowest BCUT2D eigenvalue weighted by molar-refractivity contribution is -0.385. The minimum absolute atomic E-state index is 0.00627. The van der Waals surface area contributed by atoms with Gasteiger partial charge < -0.3 is 10.1 Å². The monoisotopic (exact) mass is 220 g/mol. The Morgan fingerprint density at radius 3 is 2.94 bits per heavy atom. The predicted octanol–water partition coefficient (Wildman–Crippen LogP) is 1.80. The van der Waals surface area contributed by atoms with Gasteiger partial charge in [0, 0.05) is 12.6 Å². The van der Waals surface area contributed by atoms with Gasteiger partial charge in [-0.15, -0.1) is 0 Å². The third-order valence-electron chi connectivity index (χ3n) is 2.54. The summed E-state index contributed by atoms with van der Waals surface area (Å²) in [6.45, 7) is 0.823. The highest BCUT2D eigenvalue weighted by Crippen LogP contribution is 2.30. The summed E-state index contributed by atoms with van der Waals surface area (Å²) in [4.78, 5) is 10.3. The van der Waals surface area contributed by atoms with Crippen molar-refractivity contribution >= 4 is 5.69 Å². The van der Waals surface area contributed by atoms with Crippen molar-refractivity contribution in [3.63, 3.8) is 0 Å². The smallest absolute Gasteiger partial charge is 0.310 e. The highest BCUT2D eigenvalue weighted by Gasteiger charge is 2.18. The summed E-state index contributed by atoms with van der Waals surface area (Å²) in [5.74, 6) is 0.296. The molecule has 0 saturated heterocycles. The van der Waals surface area contributed by atoms with Crippen molar-refractivity contribution in [3.8, 4) is 5.75 Å². The average molecular weight is 220 g/mol. The summed E-state index contributed by atoms with van der Waals surface area (Å²) in [6, 6.07) is 5.04. The van der Waals surface area contributed by atoms with Crippen LogP contribution < -0.4 is 10.1 Å². The summed E-state index contributed by atoms with van der Waals surface area (Å²) in [6.07, 6.45) is 4.05. The van der Waals surface area contributed by atoms with Gasteiger partial charge >= 0.3 is 5.69 Å². The van der Waals surface area contributed by atoms with Crippen molar-refractivity contribution in [2.45, 2.75) is 6.04 Å². The van der Waals surface area contributed by atoms with Crippen LogP contribution in [0.4, 0.5) is 5.69 Å². The zero-order chi connectivity index (χ0) is 11.5. The van der Waals surface area contributed by atoms with E-state index in [1.807, 2.05) is 12.2 Å². The molecule has 0 bridgehead atoms. The van der Waals surface area contributed by atoms with Gasteiger partial charge in [0.2, 0.25) is 0 Å². The second-order valence-electron chi connectivity index (χ2n) is 3.50. The minimum Gasteiger partial charge on any atom is -0.490 e. The lowest BCUT2D eigenvalue weighted by Crippen LogP contribution is -2.13. The molecule has 84 valence electrons. The van der Waals surface area contributed by atoms with E-state index >= 15 is 0 Å². The molecular weight excluding hydrogens is 208 g/mol. The number of methoxy groups -OCH3 is 1. The fraction of sp³-hybridized carbons (Fsp3) is 0.273. The molecule has 1 aliphatic rings. The number of hydrogen-bond acceptors (Lipinski definition) is 4. The molecule has 1 aromatic carbocycles. The van der Waals surface area contributed by atoms with Crippen LogP contribution in [0.1, 0.15) is 11.6 Å². The predicted molar refractivity (Wildman–Crippen MR) is 59.5 cm³/mol. The molecule has 1 unspecified atom stereocenters. The summed E-state index contributed by atoms with van der Waals surface area (Å²) in [7, 11) is 1.43. The average Bonchev–Trinajstić information content (AvgIpc) is 2.81. The highest BCUT2D eigenvalue weighted by molar-refractivity contribution is 5.49. The third kappa shape index (κ3) is 1.90. The quantitative estimate of drug-likeness (QED) is 0.479. The van der Waals surface area contributed by atoms with Crippen LogP contribution in [0.3, 0.4) is 0 Å². The molecule has 1 heterocycles. The van der Waals surface area contributed by atoms with Crippen LogP contribution >= 0.6 is 0 Å². The fourth-order valence-electron chi connectivity index (χ4n) is 1.73. The van der Waals surface area contributed by atoms with Crippen LogP contribution in [-0.2, 0) is 0 Å². The number of nitrogens with one attached hydrogen (secondary N) is 1. The lowest BCUT2D eigenvalue weighted by atomic mass is 10.1. The van der Waals surface area contributed by atoms with E-state index in [0.717, 1.165) is 12.1 Å². The second kappa shape index (κ2) is 4.32. The molecule has 0 aromatic heterocycles. The number of nitrogens with zero attached hydrogens (tertiary/aromatic N) is 1. The van der Waals surface area contributed by atoms with Crippen molar-refractivity contribution < 1.29 is 9.66 Å². The molecule has 1 N–H and O–H groups in total. The van der Waals surface area contributed by atoms with Crippen molar-refractivity contribution in [1.82, 2.24) is 5.32 Å². The summed E-state index contributed by atoms with van der Waals surface area (Å²) >= 11 is 0. The van der Waals surface area contributed by atoms with E-state index < -0.39 is 4.92 Å². The molecule has 1 atom stereocenters. The highest BCUT2D eigenvalue weighted by atomic mass is 16.6. The molecule has 0 fully saturated rings.